The van der Waals surface area contributed by atoms with E-state index in [9.17, 15) is 9.59 Å². The van der Waals surface area contributed by atoms with Crippen LogP contribution in [0.2, 0.25) is 0 Å². The van der Waals surface area contributed by atoms with Crippen molar-refractivity contribution in [2.24, 2.45) is 28.1 Å². The molecule has 3 aliphatic rings. The van der Waals surface area contributed by atoms with Crippen molar-refractivity contribution in [1.29, 1.82) is 0 Å². The first-order chi connectivity index (χ1) is 12.6. The van der Waals surface area contributed by atoms with E-state index in [0.29, 0.717) is 11.8 Å². The average Bonchev–Trinajstić information content (AvgIpc) is 2.63. The molecule has 0 aromatic heterocycles. The maximum Gasteiger partial charge on any atom is 0.399 e. The molecular weight excluding hydrogens is 342 g/mol. The Morgan fingerprint density at radius 3 is 2.59 bits per heavy atom. The molecule has 2 fully saturated rings. The molecule has 3 rings (SSSR count). The number of nitrogens with one attached hydrogen (secondary N) is 1. The van der Waals surface area contributed by atoms with Gasteiger partial charge in [-0.2, -0.15) is 0 Å². The first-order valence-corrected chi connectivity index (χ1v) is 10.1. The number of allylic oxidation sites excluding steroid dienone is 3. The van der Waals surface area contributed by atoms with Gasteiger partial charge in [-0.15, -0.1) is 6.58 Å². The summed E-state index contributed by atoms with van der Waals surface area (Å²) < 4.78 is 5.50. The standard InChI is InChI=1S/C22H33NO4/c1-6-21(4)11-9-15-14(13-21)7-8-16-20(2,3)17(10-12-22(15,16)5)27-19(25)18(24)23-26/h6,9,14,16-17,26H,1,7-8,10-13H2,2-5H3,(H,23,24)/t14-,16+,17+,21+,22-/m0/s1. The second kappa shape index (κ2) is 6.77. The maximum absolute atomic E-state index is 11.9. The van der Waals surface area contributed by atoms with Gasteiger partial charge in [0.1, 0.15) is 6.10 Å². The second-order valence-corrected chi connectivity index (χ2v) is 9.87. The van der Waals surface area contributed by atoms with E-state index in [1.54, 1.807) is 5.57 Å². The van der Waals surface area contributed by atoms with Crippen molar-refractivity contribution in [2.45, 2.75) is 72.3 Å². The zero-order chi connectivity index (χ0) is 20.0. The topological polar surface area (TPSA) is 75.6 Å². The number of rotatable bonds is 2. The Kier molecular flexibility index (Phi) is 5.04. The average molecular weight is 376 g/mol. The summed E-state index contributed by atoms with van der Waals surface area (Å²) in [6.07, 6.45) is 10.4. The normalized spacial score (nSPS) is 40.0. The van der Waals surface area contributed by atoms with Gasteiger partial charge in [0, 0.05) is 5.41 Å². The van der Waals surface area contributed by atoms with Crippen LogP contribution in [0, 0.1) is 28.1 Å². The Morgan fingerprint density at radius 1 is 1.26 bits per heavy atom. The van der Waals surface area contributed by atoms with Gasteiger partial charge in [-0.25, -0.2) is 10.3 Å². The Bertz CT molecular complexity index is 682. The molecule has 5 heteroatoms. The molecule has 0 heterocycles. The van der Waals surface area contributed by atoms with Crippen LogP contribution in [0.4, 0.5) is 0 Å². The van der Waals surface area contributed by atoms with E-state index in [1.807, 2.05) is 0 Å². The van der Waals surface area contributed by atoms with Gasteiger partial charge in [-0.3, -0.25) is 10.0 Å². The van der Waals surface area contributed by atoms with Crippen molar-refractivity contribution in [1.82, 2.24) is 5.48 Å². The molecule has 0 aromatic carbocycles. The molecule has 0 saturated heterocycles. The predicted molar refractivity (Wildman–Crippen MR) is 103 cm³/mol. The maximum atomic E-state index is 11.9. The van der Waals surface area contributed by atoms with E-state index in [0.717, 1.165) is 32.1 Å². The highest BCUT2D eigenvalue weighted by Crippen LogP contribution is 2.64. The van der Waals surface area contributed by atoms with E-state index in [-0.39, 0.29) is 22.3 Å². The highest BCUT2D eigenvalue weighted by atomic mass is 16.6. The predicted octanol–water partition coefficient (Wildman–Crippen LogP) is 4.17. The minimum absolute atomic E-state index is 0.108. The lowest BCUT2D eigenvalue weighted by molar-refractivity contribution is -0.177. The number of hydroxylamine groups is 1. The molecule has 5 atom stereocenters. The lowest BCUT2D eigenvalue weighted by atomic mass is 9.46. The molecule has 0 spiro atoms. The van der Waals surface area contributed by atoms with Crippen LogP contribution in [0.15, 0.2) is 24.3 Å². The molecule has 0 radical (unpaired) electrons. The highest BCUT2D eigenvalue weighted by Gasteiger charge is 2.57. The first kappa shape index (κ1) is 20.1. The summed E-state index contributed by atoms with van der Waals surface area (Å²) in [6, 6.07) is 0. The third kappa shape index (κ3) is 3.24. The SMILES string of the molecule is C=C[C@]1(C)CC=C2[C@@H](CC[C@@H]3C(C)(C)[C@H](OC(=O)C(=O)NO)CC[C@@]23C)C1. The van der Waals surface area contributed by atoms with Crippen LogP contribution in [0.3, 0.4) is 0 Å². The van der Waals surface area contributed by atoms with E-state index in [1.165, 1.54) is 11.9 Å². The molecular formula is C22H33NO4. The zero-order valence-electron chi connectivity index (χ0n) is 17.0. The molecule has 1 amide bonds. The van der Waals surface area contributed by atoms with Crippen molar-refractivity contribution in [3.63, 3.8) is 0 Å². The fourth-order valence-corrected chi connectivity index (χ4v) is 6.26. The van der Waals surface area contributed by atoms with Crippen LogP contribution in [0.1, 0.15) is 66.2 Å². The molecule has 150 valence electrons. The summed E-state index contributed by atoms with van der Waals surface area (Å²) >= 11 is 0. The summed E-state index contributed by atoms with van der Waals surface area (Å²) in [5, 5.41) is 8.67. The Labute approximate surface area is 162 Å². The van der Waals surface area contributed by atoms with Crippen LogP contribution < -0.4 is 5.48 Å². The van der Waals surface area contributed by atoms with E-state index in [2.05, 4.69) is 46.4 Å². The van der Waals surface area contributed by atoms with Crippen LogP contribution in [-0.2, 0) is 14.3 Å². The third-order valence-electron chi connectivity index (χ3n) is 7.86. The lowest BCUT2D eigenvalue weighted by Crippen LogP contribution is -2.55. The number of fused-ring (bicyclic) bond motifs is 3. The molecule has 3 aliphatic carbocycles. The molecule has 0 aliphatic heterocycles. The van der Waals surface area contributed by atoms with Gasteiger partial charge in [0.25, 0.3) is 0 Å². The number of hydrogen-bond donors (Lipinski definition) is 2. The number of carbonyl (C=O) groups excluding carboxylic acids is 2. The highest BCUT2D eigenvalue weighted by molar-refractivity contribution is 6.32. The molecule has 2 saturated carbocycles. The van der Waals surface area contributed by atoms with Gasteiger partial charge in [0.2, 0.25) is 0 Å². The van der Waals surface area contributed by atoms with Gasteiger partial charge in [-0.1, -0.05) is 45.4 Å². The molecule has 0 aromatic rings. The number of ether oxygens (including phenoxy) is 1. The summed E-state index contributed by atoms with van der Waals surface area (Å²) in [5.41, 5.74) is 3.02. The summed E-state index contributed by atoms with van der Waals surface area (Å²) in [4.78, 5) is 23.3. The van der Waals surface area contributed by atoms with Crippen LogP contribution in [0.5, 0.6) is 0 Å². The zero-order valence-corrected chi connectivity index (χ0v) is 17.0. The number of amides is 1. The Balaban J connectivity index is 1.85. The Hall–Kier alpha value is -1.62. The largest absolute Gasteiger partial charge is 0.455 e. The molecule has 0 unspecified atom stereocenters. The van der Waals surface area contributed by atoms with E-state index in [4.69, 9.17) is 9.94 Å². The summed E-state index contributed by atoms with van der Waals surface area (Å²) in [7, 11) is 0. The minimum atomic E-state index is -1.11. The van der Waals surface area contributed by atoms with Gasteiger partial charge >= 0.3 is 11.9 Å². The smallest absolute Gasteiger partial charge is 0.399 e. The summed E-state index contributed by atoms with van der Waals surface area (Å²) in [6.45, 7) is 13.0. The monoisotopic (exact) mass is 375 g/mol. The van der Waals surface area contributed by atoms with Crippen LogP contribution in [-0.4, -0.2) is 23.2 Å². The van der Waals surface area contributed by atoms with Crippen molar-refractivity contribution in [3.05, 3.63) is 24.3 Å². The van der Waals surface area contributed by atoms with Crippen LogP contribution >= 0.6 is 0 Å². The van der Waals surface area contributed by atoms with Crippen LogP contribution in [0.25, 0.3) is 0 Å². The quantitative estimate of drug-likeness (QED) is 0.250. The number of esters is 1. The third-order valence-corrected chi connectivity index (χ3v) is 7.86. The van der Waals surface area contributed by atoms with Gasteiger partial charge in [0.15, 0.2) is 0 Å². The van der Waals surface area contributed by atoms with Crippen molar-refractivity contribution < 1.29 is 19.5 Å². The van der Waals surface area contributed by atoms with Crippen molar-refractivity contribution in [2.75, 3.05) is 0 Å². The summed E-state index contributed by atoms with van der Waals surface area (Å²) in [5.74, 6) is -1.12. The van der Waals surface area contributed by atoms with E-state index < -0.39 is 11.9 Å². The fraction of sp³-hybridized carbons (Fsp3) is 0.727. The number of carbonyl (C=O) groups is 2. The molecule has 5 nitrogen and oxygen atoms in total. The molecule has 0 bridgehead atoms. The lowest BCUT2D eigenvalue weighted by Gasteiger charge is -2.60. The first-order valence-electron chi connectivity index (χ1n) is 10.1. The van der Waals surface area contributed by atoms with Crippen molar-refractivity contribution in [3.8, 4) is 0 Å². The van der Waals surface area contributed by atoms with Crippen molar-refractivity contribution >= 4 is 11.9 Å². The van der Waals surface area contributed by atoms with E-state index >= 15 is 0 Å². The van der Waals surface area contributed by atoms with Gasteiger partial charge < -0.3 is 4.74 Å². The Morgan fingerprint density at radius 2 is 1.96 bits per heavy atom. The minimum Gasteiger partial charge on any atom is -0.455 e. The molecule has 27 heavy (non-hydrogen) atoms. The second-order valence-electron chi connectivity index (χ2n) is 9.87. The van der Waals surface area contributed by atoms with Gasteiger partial charge in [-0.05, 0) is 61.2 Å². The molecule has 2 N–H and O–H groups in total. The fourth-order valence-electron chi connectivity index (χ4n) is 6.26. The van der Waals surface area contributed by atoms with Gasteiger partial charge in [0.05, 0.1) is 0 Å². The number of hydrogen-bond acceptors (Lipinski definition) is 4.